The van der Waals surface area contributed by atoms with Crippen LogP contribution >= 0.6 is 0 Å². The molecule has 0 saturated heterocycles. The Morgan fingerprint density at radius 2 is 1.30 bits per heavy atom. The van der Waals surface area contributed by atoms with Crippen LogP contribution in [0.2, 0.25) is 0 Å². The lowest BCUT2D eigenvalue weighted by Crippen LogP contribution is -2.25. The zero-order valence-corrected chi connectivity index (χ0v) is 16.9. The van der Waals surface area contributed by atoms with Crippen molar-refractivity contribution in [3.05, 3.63) is 41.5 Å². The summed E-state index contributed by atoms with van der Waals surface area (Å²) in [6.07, 6.45) is 20.5. The topological polar surface area (TPSA) is 0 Å². The van der Waals surface area contributed by atoms with Crippen molar-refractivity contribution < 1.29 is 8.78 Å². The van der Waals surface area contributed by atoms with Gasteiger partial charge in [-0.3, -0.25) is 0 Å². The minimum absolute atomic E-state index is 0.503. The lowest BCUT2D eigenvalue weighted by molar-refractivity contribution is 0.141. The molecule has 0 spiro atoms. The van der Waals surface area contributed by atoms with E-state index in [9.17, 15) is 8.78 Å². The third-order valence-corrected chi connectivity index (χ3v) is 7.08. The maximum atomic E-state index is 13.2. The van der Waals surface area contributed by atoms with Crippen LogP contribution in [0.25, 0.3) is 6.08 Å². The van der Waals surface area contributed by atoms with Crippen molar-refractivity contribution in [2.75, 3.05) is 0 Å². The molecule has 0 N–H and O–H groups in total. The fourth-order valence-corrected chi connectivity index (χ4v) is 5.53. The Bertz CT molecular complexity index is 570. The Labute approximate surface area is 164 Å². The van der Waals surface area contributed by atoms with Crippen molar-refractivity contribution in [3.63, 3.8) is 0 Å². The van der Waals surface area contributed by atoms with Crippen molar-refractivity contribution in [2.24, 2.45) is 23.7 Å². The number of benzene rings is 1. The molecule has 1 aromatic carbocycles. The molecule has 0 unspecified atom stereocenters. The number of allylic oxidation sites excluding steroid dienone is 1. The molecule has 0 nitrogen and oxygen atoms in total. The van der Waals surface area contributed by atoms with Gasteiger partial charge in [-0.1, -0.05) is 57.6 Å². The molecule has 2 fully saturated rings. The smallest absolute Gasteiger partial charge is 0.126 e. The molecular formula is C25H36F2. The van der Waals surface area contributed by atoms with Crippen LogP contribution in [-0.4, -0.2) is 0 Å². The van der Waals surface area contributed by atoms with E-state index in [-0.39, 0.29) is 0 Å². The second kappa shape index (κ2) is 10.4. The van der Waals surface area contributed by atoms with Crippen molar-refractivity contribution in [1.29, 1.82) is 0 Å². The van der Waals surface area contributed by atoms with E-state index in [4.69, 9.17) is 0 Å². The highest BCUT2D eigenvalue weighted by molar-refractivity contribution is 5.49. The van der Waals surface area contributed by atoms with E-state index in [0.717, 1.165) is 36.2 Å². The average Bonchev–Trinajstić information content (AvgIpc) is 2.66. The summed E-state index contributed by atoms with van der Waals surface area (Å²) in [5, 5.41) is 0. The second-order valence-electron chi connectivity index (χ2n) is 9.03. The quantitative estimate of drug-likeness (QED) is 0.451. The molecule has 0 aliphatic heterocycles. The summed E-state index contributed by atoms with van der Waals surface area (Å²) in [5.41, 5.74) is 0.620. The van der Waals surface area contributed by atoms with Gasteiger partial charge in [-0.25, -0.2) is 8.78 Å². The van der Waals surface area contributed by atoms with Crippen molar-refractivity contribution in [3.8, 4) is 0 Å². The molecule has 27 heavy (non-hydrogen) atoms. The number of rotatable bonds is 7. The maximum Gasteiger partial charge on any atom is 0.126 e. The third-order valence-electron chi connectivity index (χ3n) is 7.08. The maximum absolute atomic E-state index is 13.2. The predicted octanol–water partition coefficient (Wildman–Crippen LogP) is 8.17. The molecule has 2 aliphatic carbocycles. The van der Waals surface area contributed by atoms with Gasteiger partial charge in [0.25, 0.3) is 0 Å². The highest BCUT2D eigenvalue weighted by Crippen LogP contribution is 2.42. The highest BCUT2D eigenvalue weighted by atomic mass is 19.1. The molecular weight excluding hydrogens is 338 g/mol. The summed E-state index contributed by atoms with van der Waals surface area (Å²) in [4.78, 5) is 0. The van der Waals surface area contributed by atoms with Gasteiger partial charge >= 0.3 is 0 Å². The van der Waals surface area contributed by atoms with Crippen LogP contribution in [0.4, 0.5) is 8.78 Å². The van der Waals surface area contributed by atoms with Crippen molar-refractivity contribution >= 4 is 6.08 Å². The van der Waals surface area contributed by atoms with E-state index in [0.29, 0.717) is 5.56 Å². The monoisotopic (exact) mass is 374 g/mol. The van der Waals surface area contributed by atoms with E-state index in [1.165, 1.54) is 82.8 Å². The summed E-state index contributed by atoms with van der Waals surface area (Å²) in [6.45, 7) is 2.32. The van der Waals surface area contributed by atoms with Gasteiger partial charge in [0, 0.05) is 6.07 Å². The van der Waals surface area contributed by atoms with E-state index in [1.807, 2.05) is 6.08 Å². The highest BCUT2D eigenvalue weighted by Gasteiger charge is 2.30. The molecule has 2 aliphatic rings. The first-order valence-corrected chi connectivity index (χ1v) is 11.3. The molecule has 0 atom stereocenters. The molecule has 2 saturated carbocycles. The van der Waals surface area contributed by atoms with Gasteiger partial charge in [0.1, 0.15) is 11.6 Å². The Morgan fingerprint density at radius 3 is 1.81 bits per heavy atom. The molecule has 1 aromatic rings. The van der Waals surface area contributed by atoms with Crippen molar-refractivity contribution in [1.82, 2.24) is 0 Å². The summed E-state index contributed by atoms with van der Waals surface area (Å²) in [7, 11) is 0. The predicted molar refractivity (Wildman–Crippen MR) is 110 cm³/mol. The zero-order chi connectivity index (χ0) is 19.1. The molecule has 0 radical (unpaired) electrons. The van der Waals surface area contributed by atoms with Crippen LogP contribution in [0.1, 0.15) is 89.5 Å². The Hall–Kier alpha value is -1.18. The van der Waals surface area contributed by atoms with Crippen LogP contribution in [0.3, 0.4) is 0 Å². The van der Waals surface area contributed by atoms with Gasteiger partial charge in [0.15, 0.2) is 0 Å². The first-order valence-electron chi connectivity index (χ1n) is 11.3. The SMILES string of the molecule is CCC[C@H]1CC[C@H]([C@H]2CC[C@H](CCC=Cc3cc(F)cc(F)c3)CC2)CC1. The molecule has 0 amide bonds. The molecule has 0 heterocycles. The summed E-state index contributed by atoms with van der Waals surface area (Å²) in [6, 6.07) is 3.70. The molecule has 2 heteroatoms. The standard InChI is InChI=1S/C25H36F2/c1-2-5-19-8-12-22(13-9-19)23-14-10-20(11-15-23)6-3-4-7-21-16-24(26)18-25(27)17-21/h4,7,16-20,22-23H,2-3,5-6,8-15H2,1H3/t19-,20-,22-,23-. The van der Waals surface area contributed by atoms with Crippen LogP contribution in [0.15, 0.2) is 24.3 Å². The largest absolute Gasteiger partial charge is 0.207 e. The lowest BCUT2D eigenvalue weighted by atomic mass is 9.68. The first kappa shape index (κ1) is 20.6. The summed E-state index contributed by atoms with van der Waals surface area (Å²) < 4.78 is 26.4. The van der Waals surface area contributed by atoms with E-state index in [2.05, 4.69) is 13.0 Å². The van der Waals surface area contributed by atoms with Gasteiger partial charge in [-0.15, -0.1) is 0 Å². The van der Waals surface area contributed by atoms with E-state index < -0.39 is 11.6 Å². The number of hydrogen-bond acceptors (Lipinski definition) is 0. The molecule has 3 rings (SSSR count). The normalized spacial score (nSPS) is 29.3. The Balaban J connectivity index is 1.34. The minimum Gasteiger partial charge on any atom is -0.207 e. The summed E-state index contributed by atoms with van der Waals surface area (Å²) in [5.74, 6) is 2.83. The van der Waals surface area contributed by atoms with Gasteiger partial charge in [-0.05, 0) is 79.9 Å². The van der Waals surface area contributed by atoms with Gasteiger partial charge in [0.05, 0.1) is 0 Å². The minimum atomic E-state index is -0.503. The lowest BCUT2D eigenvalue weighted by Gasteiger charge is -2.38. The van der Waals surface area contributed by atoms with Crippen LogP contribution < -0.4 is 0 Å². The average molecular weight is 375 g/mol. The van der Waals surface area contributed by atoms with Crippen LogP contribution in [-0.2, 0) is 0 Å². The number of hydrogen-bond donors (Lipinski definition) is 0. The first-order chi connectivity index (χ1) is 13.1. The van der Waals surface area contributed by atoms with Crippen molar-refractivity contribution in [2.45, 2.75) is 84.0 Å². The van der Waals surface area contributed by atoms with E-state index in [1.54, 1.807) is 0 Å². The molecule has 150 valence electrons. The van der Waals surface area contributed by atoms with Gasteiger partial charge < -0.3 is 0 Å². The number of halogens is 2. The third kappa shape index (κ3) is 6.43. The Kier molecular flexibility index (Phi) is 7.91. The second-order valence-corrected chi connectivity index (χ2v) is 9.03. The summed E-state index contributed by atoms with van der Waals surface area (Å²) >= 11 is 0. The Morgan fingerprint density at radius 1 is 0.778 bits per heavy atom. The fourth-order valence-electron chi connectivity index (χ4n) is 5.53. The van der Waals surface area contributed by atoms with Gasteiger partial charge in [-0.2, -0.15) is 0 Å². The van der Waals surface area contributed by atoms with Crippen LogP contribution in [0.5, 0.6) is 0 Å². The molecule has 0 aromatic heterocycles. The fraction of sp³-hybridized carbons (Fsp3) is 0.680. The van der Waals surface area contributed by atoms with Gasteiger partial charge in [0.2, 0.25) is 0 Å². The zero-order valence-electron chi connectivity index (χ0n) is 16.9. The van der Waals surface area contributed by atoms with E-state index >= 15 is 0 Å². The van der Waals surface area contributed by atoms with Crippen LogP contribution in [0, 0.1) is 35.3 Å². The molecule has 0 bridgehead atoms.